The van der Waals surface area contributed by atoms with Crippen LogP contribution in [-0.2, 0) is 5.41 Å². The van der Waals surface area contributed by atoms with Crippen LogP contribution >= 0.6 is 0 Å². The molecule has 0 aliphatic heterocycles. The molecule has 0 saturated carbocycles. The Bertz CT molecular complexity index is 2720. The molecule has 0 radical (unpaired) electrons. The highest BCUT2D eigenvalue weighted by atomic mass is 15.0. The summed E-state index contributed by atoms with van der Waals surface area (Å²) in [6, 6.07) is 66.6. The highest BCUT2D eigenvalue weighted by Gasteiger charge is 2.18. The van der Waals surface area contributed by atoms with Crippen LogP contribution in [0, 0.1) is 6.92 Å². The zero-order valence-corrected chi connectivity index (χ0v) is 32.7. The van der Waals surface area contributed by atoms with E-state index in [1.54, 1.807) is 0 Å². The molecule has 9 aromatic rings. The molecule has 0 spiro atoms. The monoisotopic (exact) mass is 712 g/mol. The van der Waals surface area contributed by atoms with Gasteiger partial charge in [-0.2, -0.15) is 0 Å². The van der Waals surface area contributed by atoms with Crippen molar-refractivity contribution in [3.05, 3.63) is 193 Å². The molecule has 0 aliphatic carbocycles. The number of aryl methyl sites for hydroxylation is 1. The molecule has 0 amide bonds. The quantitative estimate of drug-likeness (QED) is 0.162. The molecule has 0 saturated heterocycles. The standard InChI is InChI=1S/C51H42N2.C2H6/c1-35-20-26-45(34-46(35)36-14-8-5-9-15-36)53-47-29-23-39(30-42(47)33-49(53)38-18-12-7-13-19-38)40-21-22-41-32-48(37-16-10-6-11-17-37)52(50(41)31-40)44-27-24-43(25-28-44)51(2,3)4;1-2/h5-34H,1-4H3;1-2H3. The molecule has 270 valence electrons. The fraction of sp³-hybridized carbons (Fsp3) is 0.132. The number of aromatic nitrogens is 2. The van der Waals surface area contributed by atoms with Gasteiger partial charge in [-0.15, -0.1) is 0 Å². The molecular weight excluding hydrogens is 665 g/mol. The van der Waals surface area contributed by atoms with E-state index in [1.807, 2.05) is 13.8 Å². The van der Waals surface area contributed by atoms with Crippen molar-refractivity contribution in [1.29, 1.82) is 0 Å². The predicted molar refractivity (Wildman–Crippen MR) is 237 cm³/mol. The summed E-state index contributed by atoms with van der Waals surface area (Å²) in [5.41, 5.74) is 17.0. The smallest absolute Gasteiger partial charge is 0.0541 e. The van der Waals surface area contributed by atoms with Crippen LogP contribution in [0.3, 0.4) is 0 Å². The van der Waals surface area contributed by atoms with Crippen LogP contribution in [0.5, 0.6) is 0 Å². The van der Waals surface area contributed by atoms with Crippen molar-refractivity contribution >= 4 is 21.8 Å². The van der Waals surface area contributed by atoms with Crippen molar-refractivity contribution in [3.8, 4) is 56.1 Å². The van der Waals surface area contributed by atoms with Gasteiger partial charge >= 0.3 is 0 Å². The van der Waals surface area contributed by atoms with Gasteiger partial charge in [0.05, 0.1) is 22.4 Å². The lowest BCUT2D eigenvalue weighted by Gasteiger charge is -2.20. The summed E-state index contributed by atoms with van der Waals surface area (Å²) in [5, 5.41) is 2.43. The van der Waals surface area contributed by atoms with Crippen LogP contribution in [0.2, 0.25) is 0 Å². The topological polar surface area (TPSA) is 9.86 Å². The van der Waals surface area contributed by atoms with Crippen molar-refractivity contribution < 1.29 is 0 Å². The van der Waals surface area contributed by atoms with E-state index in [9.17, 15) is 0 Å². The Hall–Kier alpha value is -6.38. The van der Waals surface area contributed by atoms with Gasteiger partial charge in [0, 0.05) is 22.1 Å². The summed E-state index contributed by atoms with van der Waals surface area (Å²) in [6.45, 7) is 13.0. The molecule has 0 bridgehead atoms. The van der Waals surface area contributed by atoms with Gasteiger partial charge in [-0.05, 0) is 111 Å². The molecule has 0 fully saturated rings. The first kappa shape index (κ1) is 35.6. The van der Waals surface area contributed by atoms with Crippen molar-refractivity contribution in [3.63, 3.8) is 0 Å². The Kier molecular flexibility index (Phi) is 9.59. The van der Waals surface area contributed by atoms with Gasteiger partial charge in [0.1, 0.15) is 0 Å². The Morgan fingerprint density at radius 2 is 0.891 bits per heavy atom. The lowest BCUT2D eigenvalue weighted by molar-refractivity contribution is 0.590. The highest BCUT2D eigenvalue weighted by Crippen LogP contribution is 2.38. The van der Waals surface area contributed by atoms with Gasteiger partial charge in [-0.3, -0.25) is 0 Å². The second kappa shape index (κ2) is 14.8. The molecule has 9 rings (SSSR count). The number of fused-ring (bicyclic) bond motifs is 2. The number of benzene rings is 7. The Labute approximate surface area is 326 Å². The minimum Gasteiger partial charge on any atom is -0.309 e. The summed E-state index contributed by atoms with van der Waals surface area (Å²) in [4.78, 5) is 0. The van der Waals surface area contributed by atoms with Crippen molar-refractivity contribution in [2.24, 2.45) is 0 Å². The van der Waals surface area contributed by atoms with Crippen molar-refractivity contribution in [2.45, 2.75) is 47.0 Å². The van der Waals surface area contributed by atoms with E-state index in [4.69, 9.17) is 0 Å². The van der Waals surface area contributed by atoms with Gasteiger partial charge in [0.25, 0.3) is 0 Å². The molecule has 55 heavy (non-hydrogen) atoms. The Morgan fingerprint density at radius 1 is 0.382 bits per heavy atom. The third-order valence-corrected chi connectivity index (χ3v) is 10.6. The molecular formula is C53H48N2. The van der Waals surface area contributed by atoms with Gasteiger partial charge in [-0.25, -0.2) is 0 Å². The van der Waals surface area contributed by atoms with E-state index < -0.39 is 0 Å². The number of hydrogen-bond acceptors (Lipinski definition) is 0. The van der Waals surface area contributed by atoms with Gasteiger partial charge in [0.15, 0.2) is 0 Å². The summed E-state index contributed by atoms with van der Waals surface area (Å²) in [6.07, 6.45) is 0. The highest BCUT2D eigenvalue weighted by molar-refractivity contribution is 5.96. The normalized spacial score (nSPS) is 11.5. The lowest BCUT2D eigenvalue weighted by Crippen LogP contribution is -2.10. The lowest BCUT2D eigenvalue weighted by atomic mass is 9.87. The van der Waals surface area contributed by atoms with Crippen LogP contribution in [-0.4, -0.2) is 9.13 Å². The summed E-state index contributed by atoms with van der Waals surface area (Å²) < 4.78 is 4.84. The van der Waals surface area contributed by atoms with Gasteiger partial charge in [0.2, 0.25) is 0 Å². The first-order chi connectivity index (χ1) is 26.8. The fourth-order valence-corrected chi connectivity index (χ4v) is 7.76. The number of nitrogens with zero attached hydrogens (tertiary/aromatic N) is 2. The summed E-state index contributed by atoms with van der Waals surface area (Å²) in [7, 11) is 0. The van der Waals surface area contributed by atoms with Crippen molar-refractivity contribution in [1.82, 2.24) is 9.13 Å². The maximum absolute atomic E-state index is 2.42. The SMILES string of the molecule is CC.Cc1ccc(-n2c(-c3ccccc3)cc3cc(-c4ccc5cc(-c6ccccc6)n(-c6ccc(C(C)(C)C)cc6)c5c4)ccc32)cc1-c1ccccc1. The van der Waals surface area contributed by atoms with Crippen molar-refractivity contribution in [2.75, 3.05) is 0 Å². The number of rotatable bonds is 6. The minimum atomic E-state index is 0.0916. The molecule has 0 aliphatic rings. The molecule has 0 atom stereocenters. The largest absolute Gasteiger partial charge is 0.309 e. The second-order valence-electron chi connectivity index (χ2n) is 15.2. The molecule has 0 N–H and O–H groups in total. The average molecular weight is 713 g/mol. The first-order valence-corrected chi connectivity index (χ1v) is 19.5. The third kappa shape index (κ3) is 6.81. The minimum absolute atomic E-state index is 0.0916. The first-order valence-electron chi connectivity index (χ1n) is 19.5. The van der Waals surface area contributed by atoms with E-state index >= 15 is 0 Å². The van der Waals surface area contributed by atoms with Gasteiger partial charge < -0.3 is 9.13 Å². The second-order valence-corrected chi connectivity index (χ2v) is 15.2. The van der Waals surface area contributed by atoms with E-state index in [0.29, 0.717) is 0 Å². The summed E-state index contributed by atoms with van der Waals surface area (Å²) in [5.74, 6) is 0. The number of hydrogen-bond donors (Lipinski definition) is 0. The Morgan fingerprint density at radius 3 is 1.49 bits per heavy atom. The predicted octanol–water partition coefficient (Wildman–Crippen LogP) is 14.9. The van der Waals surface area contributed by atoms with Gasteiger partial charge in [-0.1, -0.05) is 162 Å². The van der Waals surface area contributed by atoms with E-state index in [-0.39, 0.29) is 5.41 Å². The molecule has 2 aromatic heterocycles. The zero-order valence-electron chi connectivity index (χ0n) is 32.7. The van der Waals surface area contributed by atoms with E-state index in [0.717, 1.165) is 11.4 Å². The maximum atomic E-state index is 2.42. The van der Waals surface area contributed by atoms with E-state index in [2.05, 4.69) is 219 Å². The van der Waals surface area contributed by atoms with Crippen LogP contribution in [0.4, 0.5) is 0 Å². The van der Waals surface area contributed by atoms with Crippen LogP contribution in [0.15, 0.2) is 182 Å². The van der Waals surface area contributed by atoms with Crippen LogP contribution < -0.4 is 0 Å². The van der Waals surface area contributed by atoms with E-state index in [1.165, 1.54) is 77.7 Å². The zero-order chi connectivity index (χ0) is 38.1. The van der Waals surface area contributed by atoms with Crippen LogP contribution in [0.1, 0.15) is 45.7 Å². The molecule has 2 nitrogen and oxygen atoms in total. The Balaban J connectivity index is 0.00000210. The van der Waals surface area contributed by atoms with Crippen LogP contribution in [0.25, 0.3) is 77.9 Å². The third-order valence-electron chi connectivity index (χ3n) is 10.6. The summed E-state index contributed by atoms with van der Waals surface area (Å²) >= 11 is 0. The maximum Gasteiger partial charge on any atom is 0.0541 e. The molecule has 2 heteroatoms. The molecule has 0 unspecified atom stereocenters. The molecule has 7 aromatic carbocycles. The average Bonchev–Trinajstić information content (AvgIpc) is 3.81. The molecule has 2 heterocycles. The fourth-order valence-electron chi connectivity index (χ4n) is 7.76.